The van der Waals surface area contributed by atoms with Crippen LogP contribution in [-0.4, -0.2) is 26.7 Å². The molecular weight excluding hydrogens is 342 g/mol. The van der Waals surface area contributed by atoms with E-state index in [2.05, 4.69) is 5.32 Å². The van der Waals surface area contributed by atoms with Crippen LogP contribution in [0.15, 0.2) is 42.5 Å². The molecule has 0 atom stereocenters. The highest BCUT2D eigenvalue weighted by Gasteiger charge is 2.10. The van der Waals surface area contributed by atoms with Gasteiger partial charge in [-0.1, -0.05) is 11.6 Å². The molecule has 0 aliphatic heterocycles. The number of ether oxygens (including phenoxy) is 3. The minimum atomic E-state index is -0.255. The van der Waals surface area contributed by atoms with E-state index in [1.54, 1.807) is 49.6 Å². The van der Waals surface area contributed by atoms with Gasteiger partial charge in [0.1, 0.15) is 5.75 Å². The molecule has 0 aromatic heterocycles. The molecule has 132 valence electrons. The third-order valence-corrected chi connectivity index (χ3v) is 3.61. The molecule has 0 radical (unpaired) electrons. The lowest BCUT2D eigenvalue weighted by Crippen LogP contribution is -2.07. The van der Waals surface area contributed by atoms with Gasteiger partial charge in [-0.3, -0.25) is 4.79 Å². The number of amides is 1. The molecule has 0 spiro atoms. The van der Waals surface area contributed by atoms with Crippen molar-refractivity contribution in [2.75, 3.05) is 26.1 Å². The summed E-state index contributed by atoms with van der Waals surface area (Å²) < 4.78 is 15.8. The molecule has 5 nitrogen and oxygen atoms in total. The maximum absolute atomic E-state index is 12.0. The highest BCUT2D eigenvalue weighted by Crippen LogP contribution is 2.36. The van der Waals surface area contributed by atoms with Crippen LogP contribution in [0.1, 0.15) is 12.5 Å². The van der Waals surface area contributed by atoms with E-state index in [0.717, 1.165) is 11.3 Å². The number of anilines is 1. The monoisotopic (exact) mass is 361 g/mol. The van der Waals surface area contributed by atoms with Gasteiger partial charge in [-0.25, -0.2) is 0 Å². The fraction of sp³-hybridized carbons (Fsp3) is 0.211. The Bertz CT molecular complexity index is 757. The van der Waals surface area contributed by atoms with Crippen molar-refractivity contribution in [3.05, 3.63) is 53.1 Å². The maximum Gasteiger partial charge on any atom is 0.248 e. The van der Waals surface area contributed by atoms with E-state index in [9.17, 15) is 4.79 Å². The first-order chi connectivity index (χ1) is 12.1. The summed E-state index contributed by atoms with van der Waals surface area (Å²) >= 11 is 6.21. The van der Waals surface area contributed by atoms with Crippen LogP contribution in [0, 0.1) is 0 Å². The van der Waals surface area contributed by atoms with Gasteiger partial charge in [0, 0.05) is 11.8 Å². The second-order valence-electron chi connectivity index (χ2n) is 5.02. The molecule has 2 aromatic rings. The summed E-state index contributed by atoms with van der Waals surface area (Å²) in [6.45, 7) is 2.35. The van der Waals surface area contributed by atoms with Crippen LogP contribution in [0.2, 0.25) is 5.02 Å². The smallest absolute Gasteiger partial charge is 0.248 e. The van der Waals surface area contributed by atoms with Crippen molar-refractivity contribution < 1.29 is 19.0 Å². The van der Waals surface area contributed by atoms with Crippen molar-refractivity contribution in [2.24, 2.45) is 0 Å². The van der Waals surface area contributed by atoms with E-state index in [0.29, 0.717) is 28.8 Å². The van der Waals surface area contributed by atoms with Crippen LogP contribution >= 0.6 is 11.6 Å². The zero-order valence-electron chi connectivity index (χ0n) is 14.3. The zero-order chi connectivity index (χ0) is 18.2. The standard InChI is InChI=1S/C19H20ClNO4/c1-4-25-19-16(20)11-13(12-17(19)24-3)5-10-18(22)21-14-6-8-15(23-2)9-7-14/h5-12H,4H2,1-3H3,(H,21,22)/b10-5+. The predicted molar refractivity (Wildman–Crippen MR) is 99.8 cm³/mol. The van der Waals surface area contributed by atoms with Crippen LogP contribution in [0.4, 0.5) is 5.69 Å². The van der Waals surface area contributed by atoms with Crippen LogP contribution in [-0.2, 0) is 4.79 Å². The predicted octanol–water partition coefficient (Wildman–Crippen LogP) is 4.41. The molecule has 6 heteroatoms. The summed E-state index contributed by atoms with van der Waals surface area (Å²) in [7, 11) is 3.13. The summed E-state index contributed by atoms with van der Waals surface area (Å²) in [6, 6.07) is 10.6. The van der Waals surface area contributed by atoms with Gasteiger partial charge >= 0.3 is 0 Å². The van der Waals surface area contributed by atoms with Gasteiger partial charge in [-0.05, 0) is 55.0 Å². The first kappa shape index (κ1) is 18.7. The molecule has 1 amide bonds. The average Bonchev–Trinajstić information content (AvgIpc) is 2.62. The van der Waals surface area contributed by atoms with E-state index in [-0.39, 0.29) is 5.91 Å². The maximum atomic E-state index is 12.0. The number of benzene rings is 2. The van der Waals surface area contributed by atoms with Gasteiger partial charge in [0.2, 0.25) is 5.91 Å². The second-order valence-corrected chi connectivity index (χ2v) is 5.43. The molecule has 0 aliphatic carbocycles. The molecule has 0 bridgehead atoms. The van der Waals surface area contributed by atoms with E-state index in [1.165, 1.54) is 13.2 Å². The van der Waals surface area contributed by atoms with Crippen molar-refractivity contribution in [3.8, 4) is 17.2 Å². The third-order valence-electron chi connectivity index (χ3n) is 3.33. The Morgan fingerprint density at radius 2 is 1.88 bits per heavy atom. The Kier molecular flexibility index (Phi) is 6.71. The van der Waals surface area contributed by atoms with E-state index >= 15 is 0 Å². The molecule has 0 heterocycles. The van der Waals surface area contributed by atoms with Crippen molar-refractivity contribution in [3.63, 3.8) is 0 Å². The fourth-order valence-corrected chi connectivity index (χ4v) is 2.42. The van der Waals surface area contributed by atoms with Crippen molar-refractivity contribution >= 4 is 29.3 Å². The zero-order valence-corrected chi connectivity index (χ0v) is 15.1. The van der Waals surface area contributed by atoms with Gasteiger partial charge in [-0.15, -0.1) is 0 Å². The molecular formula is C19H20ClNO4. The number of carbonyl (C=O) groups is 1. The van der Waals surface area contributed by atoms with E-state index in [4.69, 9.17) is 25.8 Å². The molecule has 0 fully saturated rings. The first-order valence-corrected chi connectivity index (χ1v) is 8.08. The second kappa shape index (κ2) is 8.99. The number of carbonyl (C=O) groups excluding carboxylic acids is 1. The van der Waals surface area contributed by atoms with Gasteiger partial charge in [-0.2, -0.15) is 0 Å². The Balaban J connectivity index is 2.09. The topological polar surface area (TPSA) is 56.8 Å². The molecule has 0 unspecified atom stereocenters. The van der Waals surface area contributed by atoms with Gasteiger partial charge in [0.05, 0.1) is 25.8 Å². The number of nitrogens with one attached hydrogen (secondary N) is 1. The van der Waals surface area contributed by atoms with Crippen LogP contribution in [0.25, 0.3) is 6.08 Å². The largest absolute Gasteiger partial charge is 0.497 e. The van der Waals surface area contributed by atoms with Gasteiger partial charge < -0.3 is 19.5 Å². The van der Waals surface area contributed by atoms with E-state index in [1.807, 2.05) is 6.92 Å². The molecule has 0 saturated heterocycles. The lowest BCUT2D eigenvalue weighted by atomic mass is 10.2. The molecule has 0 aliphatic rings. The average molecular weight is 362 g/mol. The number of methoxy groups -OCH3 is 2. The summed E-state index contributed by atoms with van der Waals surface area (Å²) in [4.78, 5) is 12.0. The normalized spacial score (nSPS) is 10.6. The third kappa shape index (κ3) is 5.16. The Morgan fingerprint density at radius 3 is 2.48 bits per heavy atom. The van der Waals surface area contributed by atoms with E-state index < -0.39 is 0 Å². The molecule has 2 aromatic carbocycles. The highest BCUT2D eigenvalue weighted by molar-refractivity contribution is 6.32. The molecule has 25 heavy (non-hydrogen) atoms. The summed E-state index contributed by atoms with van der Waals surface area (Å²) in [6.07, 6.45) is 3.08. The Labute approximate surface area is 152 Å². The number of hydrogen-bond donors (Lipinski definition) is 1. The summed E-state index contributed by atoms with van der Waals surface area (Å²) in [5.74, 6) is 1.48. The van der Waals surface area contributed by atoms with Gasteiger partial charge in [0.15, 0.2) is 11.5 Å². The number of hydrogen-bond acceptors (Lipinski definition) is 4. The minimum Gasteiger partial charge on any atom is -0.497 e. The fourth-order valence-electron chi connectivity index (χ4n) is 2.15. The summed E-state index contributed by atoms with van der Waals surface area (Å²) in [5, 5.41) is 3.20. The quantitative estimate of drug-likeness (QED) is 0.742. The van der Waals surface area contributed by atoms with Crippen LogP contribution < -0.4 is 19.5 Å². The summed E-state index contributed by atoms with van der Waals surface area (Å²) in [5.41, 5.74) is 1.41. The van der Waals surface area contributed by atoms with Gasteiger partial charge in [0.25, 0.3) is 0 Å². The molecule has 0 saturated carbocycles. The Morgan fingerprint density at radius 1 is 1.16 bits per heavy atom. The number of halogens is 1. The van der Waals surface area contributed by atoms with Crippen LogP contribution in [0.3, 0.4) is 0 Å². The highest BCUT2D eigenvalue weighted by atomic mass is 35.5. The molecule has 2 rings (SSSR count). The van der Waals surface area contributed by atoms with Crippen molar-refractivity contribution in [1.82, 2.24) is 0 Å². The lowest BCUT2D eigenvalue weighted by molar-refractivity contribution is -0.111. The number of rotatable bonds is 7. The SMILES string of the molecule is CCOc1c(Cl)cc(/C=C/C(=O)Nc2ccc(OC)cc2)cc1OC. The van der Waals surface area contributed by atoms with Crippen LogP contribution in [0.5, 0.6) is 17.2 Å². The molecule has 1 N–H and O–H groups in total. The lowest BCUT2D eigenvalue weighted by Gasteiger charge is -2.11. The Hall–Kier alpha value is -2.66. The minimum absolute atomic E-state index is 0.255. The van der Waals surface area contributed by atoms with Crippen molar-refractivity contribution in [1.29, 1.82) is 0 Å². The first-order valence-electron chi connectivity index (χ1n) is 7.70. The van der Waals surface area contributed by atoms with Crippen molar-refractivity contribution in [2.45, 2.75) is 6.92 Å².